The lowest BCUT2D eigenvalue weighted by Crippen LogP contribution is -2.56. The van der Waals surface area contributed by atoms with E-state index in [9.17, 15) is 22.8 Å². The van der Waals surface area contributed by atoms with Crippen molar-refractivity contribution in [1.29, 1.82) is 0 Å². The third-order valence-corrected chi connectivity index (χ3v) is 4.14. The fourth-order valence-corrected chi connectivity index (χ4v) is 2.83. The second-order valence-electron chi connectivity index (χ2n) is 6.06. The minimum absolute atomic E-state index is 0.338. The van der Waals surface area contributed by atoms with E-state index >= 15 is 0 Å². The van der Waals surface area contributed by atoms with Crippen molar-refractivity contribution in [3.8, 4) is 11.5 Å². The second kappa shape index (κ2) is 8.94. The molecule has 0 aliphatic carbocycles. The summed E-state index contributed by atoms with van der Waals surface area (Å²) in [7, 11) is 3.02. The van der Waals surface area contributed by atoms with Crippen LogP contribution in [-0.4, -0.2) is 62.8 Å². The second-order valence-corrected chi connectivity index (χ2v) is 6.06. The van der Waals surface area contributed by atoms with Crippen LogP contribution in [0.25, 0.3) is 0 Å². The molecule has 2 rings (SSSR count). The lowest BCUT2D eigenvalue weighted by molar-refractivity contribution is -0.141. The van der Waals surface area contributed by atoms with Crippen molar-refractivity contribution in [3.05, 3.63) is 23.8 Å². The number of carbonyl (C=O) groups excluding carboxylic acids is 2. The van der Waals surface area contributed by atoms with Crippen molar-refractivity contribution < 1.29 is 32.2 Å². The number of amides is 2. The molecule has 1 aliphatic rings. The van der Waals surface area contributed by atoms with Crippen molar-refractivity contribution in [1.82, 2.24) is 15.5 Å². The first kappa shape index (κ1) is 20.8. The van der Waals surface area contributed by atoms with E-state index in [4.69, 9.17) is 9.47 Å². The van der Waals surface area contributed by atoms with E-state index in [1.165, 1.54) is 14.2 Å². The molecule has 1 fully saturated rings. The van der Waals surface area contributed by atoms with E-state index in [1.54, 1.807) is 28.4 Å². The van der Waals surface area contributed by atoms with E-state index in [0.717, 1.165) is 5.56 Å². The molecule has 10 heteroatoms. The van der Waals surface area contributed by atoms with Gasteiger partial charge in [-0.25, -0.2) is 0 Å². The van der Waals surface area contributed by atoms with Gasteiger partial charge in [-0.3, -0.25) is 14.5 Å². The quantitative estimate of drug-likeness (QED) is 0.730. The smallest absolute Gasteiger partial charge is 0.405 e. The number of nitrogens with zero attached hydrogens (tertiary/aromatic N) is 1. The van der Waals surface area contributed by atoms with Gasteiger partial charge >= 0.3 is 6.18 Å². The molecule has 1 heterocycles. The number of piperazine rings is 1. The van der Waals surface area contributed by atoms with Crippen LogP contribution in [0.15, 0.2) is 18.2 Å². The molecule has 0 radical (unpaired) electrons. The number of methoxy groups -OCH3 is 2. The van der Waals surface area contributed by atoms with Gasteiger partial charge < -0.3 is 20.1 Å². The summed E-state index contributed by atoms with van der Waals surface area (Å²) in [6.45, 7) is -0.217. The predicted molar refractivity (Wildman–Crippen MR) is 90.4 cm³/mol. The predicted octanol–water partition coefficient (Wildman–Crippen LogP) is 1.07. The number of carbonyl (C=O) groups is 2. The molecule has 1 aliphatic heterocycles. The van der Waals surface area contributed by atoms with Gasteiger partial charge in [0.1, 0.15) is 6.54 Å². The molecule has 0 aromatic heterocycles. The van der Waals surface area contributed by atoms with Crippen LogP contribution in [0.1, 0.15) is 12.0 Å². The van der Waals surface area contributed by atoms with Gasteiger partial charge in [0, 0.05) is 19.6 Å². The van der Waals surface area contributed by atoms with Gasteiger partial charge in [0.2, 0.25) is 11.8 Å². The Morgan fingerprint density at radius 2 is 2.00 bits per heavy atom. The first-order chi connectivity index (χ1) is 12.7. The highest BCUT2D eigenvalue weighted by Crippen LogP contribution is 2.28. The summed E-state index contributed by atoms with van der Waals surface area (Å²) < 4.78 is 47.2. The van der Waals surface area contributed by atoms with Gasteiger partial charge in [0.05, 0.1) is 26.7 Å². The Balaban J connectivity index is 2.07. The summed E-state index contributed by atoms with van der Waals surface area (Å²) in [6, 6.07) is 4.43. The van der Waals surface area contributed by atoms with Gasteiger partial charge in [0.25, 0.3) is 0 Å². The molecule has 0 spiro atoms. The molecule has 7 nitrogen and oxygen atoms in total. The van der Waals surface area contributed by atoms with Gasteiger partial charge in [-0.1, -0.05) is 6.07 Å². The highest BCUT2D eigenvalue weighted by atomic mass is 19.4. The van der Waals surface area contributed by atoms with Crippen LogP contribution in [0, 0.1) is 0 Å². The zero-order valence-electron chi connectivity index (χ0n) is 15.1. The first-order valence-electron chi connectivity index (χ1n) is 8.29. The Morgan fingerprint density at radius 3 is 2.63 bits per heavy atom. The minimum Gasteiger partial charge on any atom is -0.493 e. The van der Waals surface area contributed by atoms with Crippen molar-refractivity contribution in [3.63, 3.8) is 0 Å². The molecule has 1 atom stereocenters. The number of hydrogen-bond acceptors (Lipinski definition) is 5. The Hall–Kier alpha value is -2.49. The van der Waals surface area contributed by atoms with Crippen LogP contribution >= 0.6 is 0 Å². The third kappa shape index (κ3) is 6.02. The maximum atomic E-state index is 12.2. The van der Waals surface area contributed by atoms with Crippen LogP contribution in [0.4, 0.5) is 13.2 Å². The van der Waals surface area contributed by atoms with Crippen molar-refractivity contribution in [2.75, 3.05) is 33.9 Å². The van der Waals surface area contributed by atoms with Crippen molar-refractivity contribution >= 4 is 11.8 Å². The Bertz CT molecular complexity index is 682. The van der Waals surface area contributed by atoms with Crippen LogP contribution in [-0.2, 0) is 16.1 Å². The summed E-state index contributed by atoms with van der Waals surface area (Å²) >= 11 is 0. The number of rotatable bonds is 7. The van der Waals surface area contributed by atoms with E-state index in [-0.39, 0.29) is 12.3 Å². The van der Waals surface area contributed by atoms with Crippen LogP contribution in [0.5, 0.6) is 11.5 Å². The molecule has 0 bridgehead atoms. The highest BCUT2D eigenvalue weighted by molar-refractivity contribution is 5.88. The van der Waals surface area contributed by atoms with Crippen LogP contribution in [0.2, 0.25) is 0 Å². The Kier molecular flexibility index (Phi) is 6.89. The number of hydrogen-bond donors (Lipinski definition) is 2. The molecule has 27 heavy (non-hydrogen) atoms. The van der Waals surface area contributed by atoms with Gasteiger partial charge in [-0.05, 0) is 17.7 Å². The van der Waals surface area contributed by atoms with Crippen LogP contribution < -0.4 is 20.1 Å². The molecule has 0 saturated carbocycles. The van der Waals surface area contributed by atoms with Crippen LogP contribution in [0.3, 0.4) is 0 Å². The number of halogens is 3. The normalized spacial score (nSPS) is 18.0. The van der Waals surface area contributed by atoms with E-state index in [2.05, 4.69) is 5.32 Å². The van der Waals surface area contributed by atoms with Crippen molar-refractivity contribution in [2.45, 2.75) is 25.2 Å². The number of nitrogens with one attached hydrogen (secondary N) is 2. The molecule has 2 amide bonds. The molecular formula is C17H22F3N3O4. The standard InChI is InChI=1S/C17H22F3N3O4/c1-26-13-4-3-11(7-14(13)27-2)9-23-6-5-21-16(25)12(23)8-15(24)22-10-17(18,19)20/h3-4,7,12H,5-6,8-10H2,1-2H3,(H,21,25)(H,22,24). The number of benzene rings is 1. The molecule has 150 valence electrons. The fourth-order valence-electron chi connectivity index (χ4n) is 2.83. The van der Waals surface area contributed by atoms with Gasteiger partial charge in [-0.15, -0.1) is 0 Å². The maximum absolute atomic E-state index is 12.2. The summed E-state index contributed by atoms with van der Waals surface area (Å²) in [5, 5.41) is 4.44. The van der Waals surface area contributed by atoms with E-state index < -0.39 is 24.7 Å². The average Bonchev–Trinajstić information content (AvgIpc) is 2.62. The zero-order valence-corrected chi connectivity index (χ0v) is 15.1. The SMILES string of the molecule is COc1ccc(CN2CCNC(=O)C2CC(=O)NCC(F)(F)F)cc1OC. The molecule has 2 N–H and O–H groups in total. The summed E-state index contributed by atoms with van der Waals surface area (Å²) in [5.41, 5.74) is 0.822. The first-order valence-corrected chi connectivity index (χ1v) is 8.29. The number of alkyl halides is 3. The Morgan fingerprint density at radius 1 is 1.30 bits per heavy atom. The molecule has 1 saturated heterocycles. The summed E-state index contributed by atoms with van der Waals surface area (Å²) in [4.78, 5) is 25.7. The topological polar surface area (TPSA) is 79.9 Å². The molecular weight excluding hydrogens is 367 g/mol. The fraction of sp³-hybridized carbons (Fsp3) is 0.529. The molecule has 1 aromatic carbocycles. The largest absolute Gasteiger partial charge is 0.493 e. The average molecular weight is 389 g/mol. The van der Waals surface area contributed by atoms with E-state index in [1.807, 2.05) is 0 Å². The summed E-state index contributed by atoms with van der Waals surface area (Å²) in [6.07, 6.45) is -4.85. The van der Waals surface area contributed by atoms with Gasteiger partial charge in [-0.2, -0.15) is 13.2 Å². The summed E-state index contributed by atoms with van der Waals surface area (Å²) in [5.74, 6) is -0.132. The zero-order chi connectivity index (χ0) is 20.0. The van der Waals surface area contributed by atoms with Gasteiger partial charge in [0.15, 0.2) is 11.5 Å². The lowest BCUT2D eigenvalue weighted by Gasteiger charge is -2.34. The number of ether oxygens (including phenoxy) is 2. The maximum Gasteiger partial charge on any atom is 0.405 e. The van der Waals surface area contributed by atoms with E-state index in [0.29, 0.717) is 31.1 Å². The third-order valence-electron chi connectivity index (χ3n) is 4.14. The monoisotopic (exact) mass is 389 g/mol. The highest BCUT2D eigenvalue weighted by Gasteiger charge is 2.33. The lowest BCUT2D eigenvalue weighted by atomic mass is 10.1. The molecule has 1 aromatic rings. The Labute approximate surface area is 154 Å². The minimum atomic E-state index is -4.50. The molecule has 1 unspecified atom stereocenters. The van der Waals surface area contributed by atoms with Crippen molar-refractivity contribution in [2.24, 2.45) is 0 Å².